The van der Waals surface area contributed by atoms with Crippen LogP contribution in [0.25, 0.3) is 0 Å². The van der Waals surface area contributed by atoms with Crippen molar-refractivity contribution in [2.75, 3.05) is 7.05 Å². The zero-order valence-electron chi connectivity index (χ0n) is 11.9. The molecule has 2 rings (SSSR count). The number of fused-ring (bicyclic) bond motifs is 1. The van der Waals surface area contributed by atoms with Gasteiger partial charge in [0, 0.05) is 6.04 Å². The molecule has 18 heavy (non-hydrogen) atoms. The summed E-state index contributed by atoms with van der Waals surface area (Å²) in [5, 5.41) is 3.51. The first kappa shape index (κ1) is 13.6. The summed E-state index contributed by atoms with van der Waals surface area (Å²) in [4.78, 5) is 0. The fourth-order valence-electron chi connectivity index (χ4n) is 3.27. The molecule has 0 bridgehead atoms. The molecule has 0 heterocycles. The van der Waals surface area contributed by atoms with E-state index in [9.17, 15) is 0 Å². The lowest BCUT2D eigenvalue weighted by Crippen LogP contribution is -2.28. The summed E-state index contributed by atoms with van der Waals surface area (Å²) < 4.78 is 0. The molecule has 1 heteroatoms. The Hall–Kier alpha value is -0.820. The van der Waals surface area contributed by atoms with Crippen molar-refractivity contribution in [1.82, 2.24) is 5.32 Å². The van der Waals surface area contributed by atoms with Crippen LogP contribution in [0.1, 0.15) is 62.5 Å². The number of unbranched alkanes of at least 4 members (excludes halogenated alkanes) is 1. The molecule has 0 spiro atoms. The number of hydrogen-bond donors (Lipinski definition) is 1. The molecule has 0 aliphatic heterocycles. The topological polar surface area (TPSA) is 12.0 Å². The molecule has 0 aromatic heterocycles. The average molecular weight is 245 g/mol. The summed E-state index contributed by atoms with van der Waals surface area (Å²) in [6.07, 6.45) is 9.32. The molecule has 0 amide bonds. The maximum absolute atomic E-state index is 3.51. The van der Waals surface area contributed by atoms with Gasteiger partial charge in [-0.3, -0.25) is 0 Å². The van der Waals surface area contributed by atoms with Crippen molar-refractivity contribution < 1.29 is 0 Å². The van der Waals surface area contributed by atoms with Crippen molar-refractivity contribution in [2.45, 2.75) is 63.8 Å². The largest absolute Gasteiger partial charge is 0.317 e. The van der Waals surface area contributed by atoms with Gasteiger partial charge in [-0.15, -0.1) is 0 Å². The summed E-state index contributed by atoms with van der Waals surface area (Å²) >= 11 is 0. The Kier molecular flexibility index (Phi) is 5.25. The van der Waals surface area contributed by atoms with Gasteiger partial charge >= 0.3 is 0 Å². The summed E-state index contributed by atoms with van der Waals surface area (Å²) in [6, 6.07) is 9.76. The van der Waals surface area contributed by atoms with Crippen molar-refractivity contribution >= 4 is 0 Å². The Morgan fingerprint density at radius 2 is 2.17 bits per heavy atom. The first-order valence-corrected chi connectivity index (χ1v) is 7.60. The lowest BCUT2D eigenvalue weighted by Gasteiger charge is -2.29. The second-order valence-corrected chi connectivity index (χ2v) is 5.65. The number of hydrogen-bond acceptors (Lipinski definition) is 1. The zero-order valence-corrected chi connectivity index (χ0v) is 11.9. The molecule has 1 aromatic carbocycles. The van der Waals surface area contributed by atoms with Crippen LogP contribution in [0, 0.1) is 0 Å². The van der Waals surface area contributed by atoms with Gasteiger partial charge in [-0.2, -0.15) is 0 Å². The van der Waals surface area contributed by atoms with Gasteiger partial charge in [0.1, 0.15) is 0 Å². The quantitative estimate of drug-likeness (QED) is 0.789. The van der Waals surface area contributed by atoms with Crippen LogP contribution >= 0.6 is 0 Å². The lowest BCUT2D eigenvalue weighted by atomic mass is 9.79. The van der Waals surface area contributed by atoms with Crippen LogP contribution in [-0.4, -0.2) is 13.1 Å². The van der Waals surface area contributed by atoms with E-state index in [-0.39, 0.29) is 0 Å². The third kappa shape index (κ3) is 3.35. The Balaban J connectivity index is 2.01. The second kappa shape index (κ2) is 6.94. The maximum Gasteiger partial charge on any atom is 0.00698 e. The van der Waals surface area contributed by atoms with Crippen LogP contribution in [0.15, 0.2) is 24.3 Å². The molecule has 1 aliphatic carbocycles. The molecule has 2 unspecified atom stereocenters. The third-order valence-corrected chi connectivity index (χ3v) is 4.38. The maximum atomic E-state index is 3.51. The minimum atomic E-state index is 0.695. The van der Waals surface area contributed by atoms with Gasteiger partial charge in [0.25, 0.3) is 0 Å². The fraction of sp³-hybridized carbons (Fsp3) is 0.647. The highest BCUT2D eigenvalue weighted by Gasteiger charge is 2.22. The van der Waals surface area contributed by atoms with Gasteiger partial charge in [0.05, 0.1) is 0 Å². The smallest absolute Gasteiger partial charge is 0.00698 e. The van der Waals surface area contributed by atoms with Gasteiger partial charge < -0.3 is 5.32 Å². The van der Waals surface area contributed by atoms with Crippen LogP contribution in [0.4, 0.5) is 0 Å². The number of nitrogens with one attached hydrogen (secondary N) is 1. The summed E-state index contributed by atoms with van der Waals surface area (Å²) in [7, 11) is 2.12. The average Bonchev–Trinajstić information content (AvgIpc) is 2.43. The van der Waals surface area contributed by atoms with Crippen LogP contribution in [-0.2, 0) is 6.42 Å². The third-order valence-electron chi connectivity index (χ3n) is 4.38. The van der Waals surface area contributed by atoms with E-state index in [2.05, 4.69) is 43.6 Å². The fourth-order valence-corrected chi connectivity index (χ4v) is 3.27. The van der Waals surface area contributed by atoms with Crippen molar-refractivity contribution in [3.05, 3.63) is 35.4 Å². The van der Waals surface area contributed by atoms with Crippen molar-refractivity contribution in [2.24, 2.45) is 0 Å². The van der Waals surface area contributed by atoms with E-state index < -0.39 is 0 Å². The van der Waals surface area contributed by atoms with Gasteiger partial charge in [0.15, 0.2) is 0 Å². The van der Waals surface area contributed by atoms with Gasteiger partial charge in [-0.25, -0.2) is 0 Å². The number of rotatable bonds is 6. The van der Waals surface area contributed by atoms with E-state index in [0.29, 0.717) is 6.04 Å². The Morgan fingerprint density at radius 3 is 2.94 bits per heavy atom. The highest BCUT2D eigenvalue weighted by Crippen LogP contribution is 2.35. The molecule has 0 radical (unpaired) electrons. The Morgan fingerprint density at radius 1 is 1.33 bits per heavy atom. The van der Waals surface area contributed by atoms with E-state index in [1.165, 1.54) is 44.9 Å². The first-order chi connectivity index (χ1) is 8.85. The predicted octanol–water partition coefficient (Wildman–Crippen LogP) is 4.27. The molecule has 0 saturated carbocycles. The normalized spacial score (nSPS) is 20.4. The van der Waals surface area contributed by atoms with E-state index in [4.69, 9.17) is 0 Å². The Labute approximate surface area is 112 Å². The first-order valence-electron chi connectivity index (χ1n) is 7.60. The predicted molar refractivity (Wildman–Crippen MR) is 79.1 cm³/mol. The molecule has 1 N–H and O–H groups in total. The molecule has 0 saturated heterocycles. The monoisotopic (exact) mass is 245 g/mol. The Bertz CT molecular complexity index is 358. The minimum Gasteiger partial charge on any atom is -0.317 e. The minimum absolute atomic E-state index is 0.695. The van der Waals surface area contributed by atoms with Crippen molar-refractivity contribution in [3.8, 4) is 0 Å². The lowest BCUT2D eigenvalue weighted by molar-refractivity contribution is 0.404. The number of aryl methyl sites for hydroxylation is 1. The highest BCUT2D eigenvalue weighted by atomic mass is 14.9. The zero-order chi connectivity index (χ0) is 12.8. The number of benzene rings is 1. The molecule has 0 fully saturated rings. The molecule has 2 atom stereocenters. The van der Waals surface area contributed by atoms with Gasteiger partial charge in [-0.05, 0) is 56.2 Å². The highest BCUT2D eigenvalue weighted by molar-refractivity contribution is 5.32. The second-order valence-electron chi connectivity index (χ2n) is 5.65. The molecular formula is C17H27N. The standard InChI is InChI=1S/C17H27N/c1-3-4-11-16(18-2)13-15-10-7-9-14-8-5-6-12-17(14)15/h5-6,8,12,15-16,18H,3-4,7,9-11,13H2,1-2H3. The molecule has 1 aliphatic rings. The van der Waals surface area contributed by atoms with Crippen LogP contribution < -0.4 is 5.32 Å². The summed E-state index contributed by atoms with van der Waals surface area (Å²) in [5.41, 5.74) is 3.22. The van der Waals surface area contributed by atoms with Crippen LogP contribution in [0.2, 0.25) is 0 Å². The van der Waals surface area contributed by atoms with E-state index >= 15 is 0 Å². The van der Waals surface area contributed by atoms with Crippen LogP contribution in [0.5, 0.6) is 0 Å². The van der Waals surface area contributed by atoms with Gasteiger partial charge in [-0.1, -0.05) is 44.0 Å². The van der Waals surface area contributed by atoms with Crippen LogP contribution in [0.3, 0.4) is 0 Å². The van der Waals surface area contributed by atoms with E-state index in [1.807, 2.05) is 0 Å². The van der Waals surface area contributed by atoms with Crippen molar-refractivity contribution in [1.29, 1.82) is 0 Å². The van der Waals surface area contributed by atoms with Gasteiger partial charge in [0.2, 0.25) is 0 Å². The van der Waals surface area contributed by atoms with Crippen molar-refractivity contribution in [3.63, 3.8) is 0 Å². The molecule has 1 nitrogen and oxygen atoms in total. The van der Waals surface area contributed by atoms with E-state index in [0.717, 1.165) is 5.92 Å². The molecule has 1 aromatic rings. The van der Waals surface area contributed by atoms with E-state index in [1.54, 1.807) is 11.1 Å². The summed E-state index contributed by atoms with van der Waals surface area (Å²) in [6.45, 7) is 2.28. The molecule has 100 valence electrons. The summed E-state index contributed by atoms with van der Waals surface area (Å²) in [5.74, 6) is 0.782. The SMILES string of the molecule is CCCCC(CC1CCCc2ccccc21)NC. The molecular weight excluding hydrogens is 218 g/mol.